The summed E-state index contributed by atoms with van der Waals surface area (Å²) in [5.41, 5.74) is 4.57. The lowest BCUT2D eigenvalue weighted by Gasteiger charge is -2.12. The van der Waals surface area contributed by atoms with Crippen LogP contribution in [0.1, 0.15) is 28.4 Å². The normalized spacial score (nSPS) is 11.0. The number of amides is 1. The molecule has 1 amide bonds. The third-order valence-corrected chi connectivity index (χ3v) is 5.10. The lowest BCUT2D eigenvalue weighted by Crippen LogP contribution is -2.17. The van der Waals surface area contributed by atoms with E-state index in [9.17, 15) is 9.59 Å². The van der Waals surface area contributed by atoms with Crippen molar-refractivity contribution >= 4 is 11.6 Å². The van der Waals surface area contributed by atoms with E-state index in [-0.39, 0.29) is 11.5 Å². The van der Waals surface area contributed by atoms with Crippen molar-refractivity contribution in [1.29, 1.82) is 0 Å². The van der Waals surface area contributed by atoms with Crippen LogP contribution in [0.2, 0.25) is 0 Å². The van der Waals surface area contributed by atoms with Crippen molar-refractivity contribution in [1.82, 2.24) is 14.3 Å². The number of anilines is 1. The predicted molar refractivity (Wildman–Crippen MR) is 114 cm³/mol. The number of benzene rings is 2. The second kappa shape index (κ2) is 7.39. The monoisotopic (exact) mass is 386 g/mol. The second-order valence-corrected chi connectivity index (χ2v) is 7.07. The molecule has 0 saturated carbocycles. The molecule has 0 unspecified atom stereocenters. The number of hydrogen-bond acceptors (Lipinski definition) is 3. The zero-order valence-electron chi connectivity index (χ0n) is 16.6. The number of carbonyl (C=O) groups is 1. The molecule has 0 atom stereocenters. The lowest BCUT2D eigenvalue weighted by molar-refractivity contribution is 0.102. The lowest BCUT2D eigenvalue weighted by atomic mass is 10.1. The van der Waals surface area contributed by atoms with E-state index in [4.69, 9.17) is 0 Å². The fraction of sp³-hybridized carbons (Fsp3) is 0.174. The van der Waals surface area contributed by atoms with Gasteiger partial charge in [0, 0.05) is 24.6 Å². The van der Waals surface area contributed by atoms with Crippen molar-refractivity contribution in [3.8, 4) is 16.9 Å². The number of nitrogens with one attached hydrogen (secondary N) is 1. The van der Waals surface area contributed by atoms with Gasteiger partial charge in [-0.15, -0.1) is 0 Å². The molecule has 0 spiro atoms. The maximum absolute atomic E-state index is 13.1. The largest absolute Gasteiger partial charge is 0.353 e. The van der Waals surface area contributed by atoms with Gasteiger partial charge in [0.2, 0.25) is 0 Å². The number of hydrogen-bond donors (Lipinski definition) is 1. The van der Waals surface area contributed by atoms with E-state index >= 15 is 0 Å². The van der Waals surface area contributed by atoms with E-state index in [0.717, 1.165) is 11.1 Å². The summed E-state index contributed by atoms with van der Waals surface area (Å²) in [6.07, 6.45) is 3.48. The third-order valence-electron chi connectivity index (χ3n) is 5.10. The molecule has 2 aromatic rings. The van der Waals surface area contributed by atoms with Gasteiger partial charge in [-0.25, -0.2) is 0 Å². The fourth-order valence-electron chi connectivity index (χ4n) is 3.27. The number of para-hydroxylation sites is 1. The van der Waals surface area contributed by atoms with Gasteiger partial charge in [-0.2, -0.15) is 9.78 Å². The smallest absolute Gasteiger partial charge is 0.282 e. The van der Waals surface area contributed by atoms with Crippen LogP contribution < -0.4 is 10.9 Å². The van der Waals surface area contributed by atoms with E-state index in [2.05, 4.69) is 10.4 Å². The zero-order chi connectivity index (χ0) is 20.5. The molecule has 29 heavy (non-hydrogen) atoms. The Balaban J connectivity index is 1.81. The Morgan fingerprint density at radius 3 is 2.48 bits per heavy atom. The summed E-state index contributed by atoms with van der Waals surface area (Å²) in [6, 6.07) is 15.0. The molecule has 2 heterocycles. The second-order valence-electron chi connectivity index (χ2n) is 7.07. The van der Waals surface area contributed by atoms with Gasteiger partial charge in [0.05, 0.1) is 16.8 Å². The summed E-state index contributed by atoms with van der Waals surface area (Å²) in [7, 11) is 0. The average molecular weight is 386 g/mol. The highest BCUT2D eigenvalue weighted by Crippen LogP contribution is 2.24. The fourth-order valence-corrected chi connectivity index (χ4v) is 3.27. The number of pyridine rings is 1. The molecule has 0 fully saturated rings. The third kappa shape index (κ3) is 3.45. The minimum atomic E-state index is -0.293. The number of rotatable bonds is 4. The van der Waals surface area contributed by atoms with Gasteiger partial charge in [-0.05, 0) is 56.2 Å². The van der Waals surface area contributed by atoms with Crippen molar-refractivity contribution in [2.45, 2.75) is 27.3 Å². The summed E-state index contributed by atoms with van der Waals surface area (Å²) >= 11 is 0. The summed E-state index contributed by atoms with van der Waals surface area (Å²) in [5, 5.41) is 7.42. The van der Waals surface area contributed by atoms with Gasteiger partial charge in [0.15, 0.2) is 0 Å². The maximum Gasteiger partial charge on any atom is 0.282 e. The van der Waals surface area contributed by atoms with Gasteiger partial charge >= 0.3 is 0 Å². The van der Waals surface area contributed by atoms with E-state index in [0.29, 0.717) is 34.7 Å². The molecular formula is C23H22N4O2. The Morgan fingerprint density at radius 2 is 1.79 bits per heavy atom. The number of fused-ring (bicyclic) bond motifs is 1. The van der Waals surface area contributed by atoms with E-state index in [1.54, 1.807) is 12.4 Å². The summed E-state index contributed by atoms with van der Waals surface area (Å²) < 4.78 is 3.17. The molecule has 6 nitrogen and oxygen atoms in total. The molecule has 2 aliphatic heterocycles. The highest BCUT2D eigenvalue weighted by atomic mass is 16.2. The SMILES string of the molecule is CCn1cc(C(=O)Nc2ccc(C)c(C)c2)c2nn(-c3ccccc3)c(=O)c-2c1. The molecule has 0 aliphatic carbocycles. The first kappa shape index (κ1) is 18.7. The standard InChI is InChI=1S/C23H22N4O2/c1-4-26-13-19(22(28)24-17-11-10-15(2)16(3)12-17)21-20(14-26)23(29)27(25-21)18-8-6-5-7-9-18/h5-14H,4H2,1-3H3,(H,24,28). The molecule has 0 bridgehead atoms. The number of aryl methyl sites for hydroxylation is 3. The van der Waals surface area contributed by atoms with Crippen LogP contribution >= 0.6 is 0 Å². The Bertz CT molecular complexity index is 1220. The van der Waals surface area contributed by atoms with Gasteiger partial charge in [0.1, 0.15) is 5.69 Å². The molecule has 0 radical (unpaired) electrons. The minimum Gasteiger partial charge on any atom is -0.353 e. The first-order valence-corrected chi connectivity index (χ1v) is 9.54. The van der Waals surface area contributed by atoms with Crippen molar-refractivity contribution in [2.24, 2.45) is 0 Å². The van der Waals surface area contributed by atoms with Crippen molar-refractivity contribution in [3.63, 3.8) is 0 Å². The Kier molecular flexibility index (Phi) is 4.76. The molecule has 4 rings (SSSR count). The van der Waals surface area contributed by atoms with Crippen LogP contribution in [0, 0.1) is 13.8 Å². The van der Waals surface area contributed by atoms with Crippen LogP contribution in [0.5, 0.6) is 0 Å². The van der Waals surface area contributed by atoms with Gasteiger partial charge in [0.25, 0.3) is 11.5 Å². The van der Waals surface area contributed by atoms with Gasteiger partial charge < -0.3 is 9.88 Å². The zero-order valence-corrected chi connectivity index (χ0v) is 16.6. The highest BCUT2D eigenvalue weighted by Gasteiger charge is 2.24. The van der Waals surface area contributed by atoms with Crippen molar-refractivity contribution < 1.29 is 4.79 Å². The predicted octanol–water partition coefficient (Wildman–Crippen LogP) is 4.03. The van der Waals surface area contributed by atoms with Crippen LogP contribution in [0.25, 0.3) is 16.9 Å². The van der Waals surface area contributed by atoms with Crippen LogP contribution in [-0.2, 0) is 6.54 Å². The van der Waals surface area contributed by atoms with Crippen molar-refractivity contribution in [2.75, 3.05) is 5.32 Å². The molecule has 6 heteroatoms. The molecule has 2 aliphatic rings. The van der Waals surface area contributed by atoms with Crippen LogP contribution in [0.4, 0.5) is 5.69 Å². The first-order chi connectivity index (χ1) is 14.0. The van der Waals surface area contributed by atoms with Crippen LogP contribution in [0.3, 0.4) is 0 Å². The topological polar surface area (TPSA) is 68.9 Å². The summed E-state index contributed by atoms with van der Waals surface area (Å²) in [6.45, 7) is 6.62. The Hall–Kier alpha value is -3.67. The van der Waals surface area contributed by atoms with Crippen LogP contribution in [0.15, 0.2) is 65.7 Å². The molecule has 0 saturated heterocycles. The summed E-state index contributed by atoms with van der Waals surface area (Å²) in [5.74, 6) is -0.293. The van der Waals surface area contributed by atoms with Gasteiger partial charge in [-0.3, -0.25) is 9.59 Å². The maximum atomic E-state index is 13.1. The number of aromatic nitrogens is 3. The Labute approximate surface area is 168 Å². The van der Waals surface area contributed by atoms with Gasteiger partial charge in [-0.1, -0.05) is 24.3 Å². The average Bonchev–Trinajstić information content (AvgIpc) is 3.07. The van der Waals surface area contributed by atoms with E-state index < -0.39 is 0 Å². The highest BCUT2D eigenvalue weighted by molar-refractivity contribution is 6.08. The Morgan fingerprint density at radius 1 is 1.03 bits per heavy atom. The molecule has 2 aromatic carbocycles. The van der Waals surface area contributed by atoms with Crippen molar-refractivity contribution in [3.05, 3.63) is 88.0 Å². The first-order valence-electron chi connectivity index (χ1n) is 9.54. The number of carbonyl (C=O) groups excluding carboxylic acids is 1. The quantitative estimate of drug-likeness (QED) is 0.576. The number of nitrogens with zero attached hydrogens (tertiary/aromatic N) is 3. The minimum absolute atomic E-state index is 0.241. The summed E-state index contributed by atoms with van der Waals surface area (Å²) in [4.78, 5) is 26.0. The van der Waals surface area contributed by atoms with E-state index in [1.165, 1.54) is 4.68 Å². The van der Waals surface area contributed by atoms with E-state index in [1.807, 2.05) is 73.9 Å². The molecule has 146 valence electrons. The molecular weight excluding hydrogens is 364 g/mol. The molecule has 0 aromatic heterocycles. The molecule has 1 N–H and O–H groups in total. The van der Waals surface area contributed by atoms with Crippen LogP contribution in [-0.4, -0.2) is 20.3 Å².